The van der Waals surface area contributed by atoms with Crippen LogP contribution in [-0.2, 0) is 11.3 Å². The Balaban J connectivity index is 1.61. The van der Waals surface area contributed by atoms with E-state index in [0.29, 0.717) is 25.5 Å². The first-order valence-electron chi connectivity index (χ1n) is 8.51. The number of morpholine rings is 1. The smallest absolute Gasteiger partial charge is 0.273 e. The molecule has 0 saturated carbocycles. The number of ether oxygens (including phenoxy) is 1. The zero-order valence-corrected chi connectivity index (χ0v) is 14.3. The van der Waals surface area contributed by atoms with Gasteiger partial charge in [0.25, 0.3) is 5.91 Å². The van der Waals surface area contributed by atoms with Gasteiger partial charge in [0.05, 0.1) is 25.8 Å². The lowest BCUT2D eigenvalue weighted by atomic mass is 10.0. The van der Waals surface area contributed by atoms with Crippen LogP contribution < -0.4 is 5.32 Å². The van der Waals surface area contributed by atoms with E-state index in [1.165, 1.54) is 0 Å². The minimum Gasteiger partial charge on any atom is -0.508 e. The first-order valence-corrected chi connectivity index (χ1v) is 8.51. The molecular formula is C18H23N3O4. The zero-order valence-electron chi connectivity index (χ0n) is 14.3. The number of aromatic nitrogens is 1. The summed E-state index contributed by atoms with van der Waals surface area (Å²) in [6, 6.07) is 8.37. The maximum atomic E-state index is 12.4. The Bertz CT molecular complexity index is 693. The van der Waals surface area contributed by atoms with E-state index in [9.17, 15) is 9.90 Å². The van der Waals surface area contributed by atoms with Crippen LogP contribution >= 0.6 is 0 Å². The van der Waals surface area contributed by atoms with Crippen LogP contribution in [0.2, 0.25) is 0 Å². The van der Waals surface area contributed by atoms with Gasteiger partial charge in [-0.15, -0.1) is 0 Å². The molecule has 1 unspecified atom stereocenters. The summed E-state index contributed by atoms with van der Waals surface area (Å²) in [5, 5.41) is 16.2. The second kappa shape index (κ2) is 8.13. The maximum absolute atomic E-state index is 12.4. The molecule has 1 fully saturated rings. The van der Waals surface area contributed by atoms with Gasteiger partial charge in [0.1, 0.15) is 5.75 Å². The highest BCUT2D eigenvalue weighted by Crippen LogP contribution is 2.20. The van der Waals surface area contributed by atoms with Crippen LogP contribution in [0.5, 0.6) is 5.75 Å². The summed E-state index contributed by atoms with van der Waals surface area (Å²) < 4.78 is 10.6. The van der Waals surface area contributed by atoms with Crippen molar-refractivity contribution >= 4 is 5.91 Å². The molecule has 1 aromatic carbocycles. The second-order valence-electron chi connectivity index (χ2n) is 6.09. The Morgan fingerprint density at radius 3 is 2.72 bits per heavy atom. The Morgan fingerprint density at radius 2 is 2.04 bits per heavy atom. The SMILES string of the molecule is CCC(NC(=O)c1cc(CN2CCOCC2)on1)c1ccc(O)cc1. The number of hydrogen-bond acceptors (Lipinski definition) is 6. The first-order chi connectivity index (χ1) is 12.2. The molecule has 2 heterocycles. The Hall–Kier alpha value is -2.38. The van der Waals surface area contributed by atoms with E-state index in [2.05, 4.69) is 15.4 Å². The number of nitrogens with one attached hydrogen (secondary N) is 1. The molecule has 1 aliphatic rings. The molecule has 0 spiro atoms. The molecule has 1 amide bonds. The van der Waals surface area contributed by atoms with Crippen molar-refractivity contribution in [1.82, 2.24) is 15.4 Å². The van der Waals surface area contributed by atoms with Gasteiger partial charge in [0, 0.05) is 19.2 Å². The summed E-state index contributed by atoms with van der Waals surface area (Å²) in [7, 11) is 0. The molecule has 7 nitrogen and oxygen atoms in total. The van der Waals surface area contributed by atoms with Gasteiger partial charge in [-0.25, -0.2) is 0 Å². The lowest BCUT2D eigenvalue weighted by Crippen LogP contribution is -2.35. The predicted molar refractivity (Wildman–Crippen MR) is 91.2 cm³/mol. The molecule has 2 aromatic rings. The number of hydrogen-bond donors (Lipinski definition) is 2. The molecular weight excluding hydrogens is 322 g/mol. The van der Waals surface area contributed by atoms with Crippen LogP contribution in [0.3, 0.4) is 0 Å². The Kier molecular flexibility index (Phi) is 5.67. The van der Waals surface area contributed by atoms with Crippen LogP contribution in [0.1, 0.15) is 41.2 Å². The summed E-state index contributed by atoms with van der Waals surface area (Å²) in [6.07, 6.45) is 0.731. The summed E-state index contributed by atoms with van der Waals surface area (Å²) in [5.41, 5.74) is 1.21. The molecule has 25 heavy (non-hydrogen) atoms. The highest BCUT2D eigenvalue weighted by atomic mass is 16.5. The second-order valence-corrected chi connectivity index (χ2v) is 6.09. The zero-order chi connectivity index (χ0) is 17.6. The Morgan fingerprint density at radius 1 is 1.32 bits per heavy atom. The quantitative estimate of drug-likeness (QED) is 0.833. The monoisotopic (exact) mass is 345 g/mol. The minimum atomic E-state index is -0.267. The van der Waals surface area contributed by atoms with E-state index in [-0.39, 0.29) is 23.4 Å². The lowest BCUT2D eigenvalue weighted by Gasteiger charge is -2.25. The topological polar surface area (TPSA) is 87.8 Å². The number of amides is 1. The van der Waals surface area contributed by atoms with Gasteiger partial charge in [0.15, 0.2) is 11.5 Å². The van der Waals surface area contributed by atoms with E-state index in [0.717, 1.165) is 25.1 Å². The van der Waals surface area contributed by atoms with Crippen molar-refractivity contribution in [2.24, 2.45) is 0 Å². The average molecular weight is 345 g/mol. The fourth-order valence-electron chi connectivity index (χ4n) is 2.83. The molecule has 3 rings (SSSR count). The van der Waals surface area contributed by atoms with Crippen LogP contribution in [-0.4, -0.2) is 47.4 Å². The maximum Gasteiger partial charge on any atom is 0.273 e. The van der Waals surface area contributed by atoms with Crippen LogP contribution in [0.15, 0.2) is 34.9 Å². The van der Waals surface area contributed by atoms with E-state index < -0.39 is 0 Å². The number of aromatic hydroxyl groups is 1. The summed E-state index contributed by atoms with van der Waals surface area (Å²) in [4.78, 5) is 14.6. The third-order valence-corrected chi connectivity index (χ3v) is 4.28. The first kappa shape index (κ1) is 17.4. The van der Waals surface area contributed by atoms with E-state index in [1.807, 2.05) is 6.92 Å². The van der Waals surface area contributed by atoms with Gasteiger partial charge >= 0.3 is 0 Å². The molecule has 1 saturated heterocycles. The number of carbonyl (C=O) groups is 1. The lowest BCUT2D eigenvalue weighted by molar-refractivity contribution is 0.0305. The molecule has 0 aliphatic carbocycles. The van der Waals surface area contributed by atoms with E-state index in [4.69, 9.17) is 9.26 Å². The Labute approximate surface area is 146 Å². The van der Waals surface area contributed by atoms with Crippen LogP contribution in [0, 0.1) is 0 Å². The van der Waals surface area contributed by atoms with Crippen molar-refractivity contribution in [3.05, 3.63) is 47.3 Å². The van der Waals surface area contributed by atoms with Gasteiger partial charge < -0.3 is 19.7 Å². The highest BCUT2D eigenvalue weighted by Gasteiger charge is 2.19. The summed E-state index contributed by atoms with van der Waals surface area (Å²) in [5.74, 6) is 0.607. The molecule has 1 atom stereocenters. The number of phenols is 1. The highest BCUT2D eigenvalue weighted by molar-refractivity contribution is 5.92. The largest absolute Gasteiger partial charge is 0.508 e. The van der Waals surface area contributed by atoms with Crippen LogP contribution in [0.25, 0.3) is 0 Å². The van der Waals surface area contributed by atoms with Crippen LogP contribution in [0.4, 0.5) is 0 Å². The number of phenolic OH excluding ortho intramolecular Hbond substituents is 1. The average Bonchev–Trinajstić information content (AvgIpc) is 3.10. The normalized spacial score (nSPS) is 16.5. The molecule has 0 bridgehead atoms. The van der Waals surface area contributed by atoms with Crippen molar-refractivity contribution in [3.63, 3.8) is 0 Å². The van der Waals surface area contributed by atoms with Gasteiger partial charge in [0.2, 0.25) is 0 Å². The van der Waals surface area contributed by atoms with Crippen molar-refractivity contribution in [2.45, 2.75) is 25.9 Å². The molecule has 1 aromatic heterocycles. The van der Waals surface area contributed by atoms with Gasteiger partial charge in [-0.2, -0.15) is 0 Å². The van der Waals surface area contributed by atoms with Crippen molar-refractivity contribution in [2.75, 3.05) is 26.3 Å². The van der Waals surface area contributed by atoms with Crippen molar-refractivity contribution in [3.8, 4) is 5.75 Å². The van der Waals surface area contributed by atoms with E-state index in [1.54, 1.807) is 30.3 Å². The fraction of sp³-hybridized carbons (Fsp3) is 0.444. The predicted octanol–water partition coefficient (Wildman–Crippen LogP) is 2.09. The van der Waals surface area contributed by atoms with Crippen molar-refractivity contribution in [1.29, 1.82) is 0 Å². The van der Waals surface area contributed by atoms with Gasteiger partial charge in [-0.3, -0.25) is 9.69 Å². The molecule has 1 aliphatic heterocycles. The number of rotatable bonds is 6. The number of nitrogens with zero attached hydrogens (tertiary/aromatic N) is 2. The molecule has 2 N–H and O–H groups in total. The molecule has 0 radical (unpaired) electrons. The fourth-order valence-corrected chi connectivity index (χ4v) is 2.83. The van der Waals surface area contributed by atoms with E-state index >= 15 is 0 Å². The molecule has 7 heteroatoms. The van der Waals surface area contributed by atoms with Gasteiger partial charge in [-0.05, 0) is 24.1 Å². The number of benzene rings is 1. The standard InChI is InChI=1S/C18H23N3O4/c1-2-16(13-3-5-14(22)6-4-13)19-18(23)17-11-15(25-20-17)12-21-7-9-24-10-8-21/h3-6,11,16,22H,2,7-10,12H2,1H3,(H,19,23). The number of carbonyl (C=O) groups excluding carboxylic acids is 1. The molecule has 134 valence electrons. The summed E-state index contributed by atoms with van der Waals surface area (Å²) >= 11 is 0. The summed E-state index contributed by atoms with van der Waals surface area (Å²) in [6.45, 7) is 5.74. The van der Waals surface area contributed by atoms with Gasteiger partial charge in [-0.1, -0.05) is 24.2 Å². The van der Waals surface area contributed by atoms with Crippen molar-refractivity contribution < 1.29 is 19.2 Å². The minimum absolute atomic E-state index is 0.146. The third kappa shape index (κ3) is 4.58. The third-order valence-electron chi connectivity index (χ3n) is 4.28.